The molecule has 7 aromatic rings. The van der Waals surface area contributed by atoms with Gasteiger partial charge in [-0.15, -0.1) is 15.3 Å². The van der Waals surface area contributed by atoms with Gasteiger partial charge in [0, 0.05) is 77.0 Å². The van der Waals surface area contributed by atoms with Crippen LogP contribution in [0.1, 0.15) is 11.3 Å². The van der Waals surface area contributed by atoms with Gasteiger partial charge in [0.15, 0.2) is 0 Å². The highest BCUT2D eigenvalue weighted by Gasteiger charge is 2.42. The van der Waals surface area contributed by atoms with E-state index in [9.17, 15) is 18.0 Å². The van der Waals surface area contributed by atoms with Gasteiger partial charge in [-0.3, -0.25) is 14.5 Å². The Morgan fingerprint density at radius 1 is 0.960 bits per heavy atom. The minimum atomic E-state index is -5.04. The average Bonchev–Trinajstić information content (AvgIpc) is 3.83. The number of rotatable bonds is 11. The summed E-state index contributed by atoms with van der Waals surface area (Å²) in [6.45, 7) is 0.311. The van der Waals surface area contributed by atoms with E-state index in [0.29, 0.717) is 46.5 Å². The predicted molar refractivity (Wildman–Crippen MR) is 181 cm³/mol. The zero-order valence-corrected chi connectivity index (χ0v) is 26.9. The van der Waals surface area contributed by atoms with Gasteiger partial charge in [0.05, 0.1) is 17.8 Å². The van der Waals surface area contributed by atoms with Crippen LogP contribution in [-0.2, 0) is 24.3 Å². The van der Waals surface area contributed by atoms with Crippen molar-refractivity contribution in [2.75, 3.05) is 18.4 Å². The molecule has 3 aromatic carbocycles. The van der Waals surface area contributed by atoms with Crippen molar-refractivity contribution in [1.82, 2.24) is 50.5 Å². The first-order valence-corrected chi connectivity index (χ1v) is 15.8. The summed E-state index contributed by atoms with van der Waals surface area (Å²) < 4.78 is 42.3. The van der Waals surface area contributed by atoms with Crippen LogP contribution in [0.4, 0.5) is 19.0 Å². The van der Waals surface area contributed by atoms with Gasteiger partial charge in [0.1, 0.15) is 5.82 Å². The van der Waals surface area contributed by atoms with Crippen molar-refractivity contribution in [2.45, 2.75) is 25.7 Å². The summed E-state index contributed by atoms with van der Waals surface area (Å²) in [4.78, 5) is 22.3. The smallest absolute Gasteiger partial charge is 0.368 e. The number of halogens is 4. The Hall–Kier alpha value is -5.96. The summed E-state index contributed by atoms with van der Waals surface area (Å²) in [5.74, 6) is -0.852. The number of aromatic nitrogens is 9. The van der Waals surface area contributed by atoms with Gasteiger partial charge in [-0.05, 0) is 34.5 Å². The number of H-pyrrole nitrogens is 1. The van der Waals surface area contributed by atoms with E-state index in [1.807, 2.05) is 54.6 Å². The summed E-state index contributed by atoms with van der Waals surface area (Å²) in [5.41, 5.74) is 4.00. The van der Waals surface area contributed by atoms with E-state index in [1.54, 1.807) is 41.5 Å². The summed E-state index contributed by atoms with van der Waals surface area (Å²) in [7, 11) is 0. The van der Waals surface area contributed by atoms with Crippen molar-refractivity contribution < 1.29 is 18.0 Å². The minimum Gasteiger partial charge on any atom is -0.368 e. The highest BCUT2D eigenvalue weighted by Crippen LogP contribution is 2.32. The van der Waals surface area contributed by atoms with Crippen LogP contribution in [0.25, 0.3) is 44.2 Å². The molecule has 0 aliphatic heterocycles. The van der Waals surface area contributed by atoms with Gasteiger partial charge in [0.2, 0.25) is 5.82 Å². The highest BCUT2D eigenvalue weighted by molar-refractivity contribution is 6.33. The Morgan fingerprint density at radius 2 is 1.82 bits per heavy atom. The van der Waals surface area contributed by atoms with E-state index < -0.39 is 12.1 Å². The van der Waals surface area contributed by atoms with Crippen molar-refractivity contribution >= 4 is 45.0 Å². The topological polar surface area (TPSA) is 143 Å². The van der Waals surface area contributed by atoms with E-state index in [1.165, 1.54) is 0 Å². The Kier molecular flexibility index (Phi) is 9.04. The lowest BCUT2D eigenvalue weighted by molar-refractivity contribution is -0.186. The first-order chi connectivity index (χ1) is 24.2. The molecule has 7 rings (SSSR count). The molecular formula is C34H27ClF3N11O. The summed E-state index contributed by atoms with van der Waals surface area (Å²) >= 11 is 6.49. The van der Waals surface area contributed by atoms with E-state index in [4.69, 9.17) is 16.6 Å². The standard InChI is InChI=1S/C34H27ClF3N11O/c35-29-16-21(6-8-25(29)22-4-2-1-3-5-22)19-48(33(50)34(36,37)38)14-11-24-20-49(47-42-24)15-13-40-32-27-10-12-39-18-28(27)26-9-7-23(17-30(26)41-32)31-43-45-46-44-31/h1-10,12,16-18,20H,11,13-15,19H2,(H,40,41)(H,43,44,45,46). The summed E-state index contributed by atoms with van der Waals surface area (Å²) in [5, 5.41) is 28.9. The molecule has 0 aliphatic carbocycles. The third-order valence-corrected chi connectivity index (χ3v) is 8.39. The number of fused-ring (bicyclic) bond motifs is 3. The molecule has 252 valence electrons. The van der Waals surface area contributed by atoms with Crippen LogP contribution in [0.3, 0.4) is 0 Å². The molecule has 0 fully saturated rings. The van der Waals surface area contributed by atoms with Crippen molar-refractivity contribution in [2.24, 2.45) is 0 Å². The molecular weight excluding hydrogens is 671 g/mol. The maximum absolute atomic E-state index is 13.6. The number of hydrogen-bond donors (Lipinski definition) is 2. The van der Waals surface area contributed by atoms with Crippen LogP contribution >= 0.6 is 11.6 Å². The molecule has 0 unspecified atom stereocenters. The van der Waals surface area contributed by atoms with Gasteiger partial charge in [-0.1, -0.05) is 71.4 Å². The third-order valence-electron chi connectivity index (χ3n) is 8.08. The Labute approximate surface area is 287 Å². The maximum Gasteiger partial charge on any atom is 0.471 e. The molecule has 0 aliphatic rings. The second-order valence-electron chi connectivity index (χ2n) is 11.4. The molecule has 0 atom stereocenters. The van der Waals surface area contributed by atoms with Crippen molar-refractivity contribution in [3.05, 3.63) is 108 Å². The second kappa shape index (κ2) is 13.9. The Balaban J connectivity index is 1.02. The van der Waals surface area contributed by atoms with Gasteiger partial charge >= 0.3 is 12.1 Å². The number of alkyl halides is 3. The first-order valence-electron chi connectivity index (χ1n) is 15.5. The number of nitrogens with one attached hydrogen (secondary N) is 2. The van der Waals surface area contributed by atoms with E-state index in [-0.39, 0.29) is 19.5 Å². The zero-order valence-electron chi connectivity index (χ0n) is 26.1. The number of pyridine rings is 2. The molecule has 1 amide bonds. The Morgan fingerprint density at radius 3 is 2.60 bits per heavy atom. The van der Waals surface area contributed by atoms with E-state index in [0.717, 1.165) is 37.7 Å². The van der Waals surface area contributed by atoms with Gasteiger partial charge in [-0.2, -0.15) is 18.4 Å². The lowest BCUT2D eigenvalue weighted by Crippen LogP contribution is -2.41. The minimum absolute atomic E-state index is 0.0671. The number of carbonyl (C=O) groups is 1. The fourth-order valence-electron chi connectivity index (χ4n) is 5.67. The van der Waals surface area contributed by atoms with Crippen LogP contribution in [0.5, 0.6) is 0 Å². The quantitative estimate of drug-likeness (QED) is 0.153. The zero-order chi connectivity index (χ0) is 34.7. The van der Waals surface area contributed by atoms with Crippen LogP contribution < -0.4 is 5.32 Å². The predicted octanol–water partition coefficient (Wildman–Crippen LogP) is 6.12. The van der Waals surface area contributed by atoms with Gasteiger partial charge < -0.3 is 10.2 Å². The molecule has 16 heteroatoms. The van der Waals surface area contributed by atoms with Crippen molar-refractivity contribution in [3.63, 3.8) is 0 Å². The second-order valence-corrected chi connectivity index (χ2v) is 11.8. The van der Waals surface area contributed by atoms with Gasteiger partial charge in [-0.25, -0.2) is 4.98 Å². The van der Waals surface area contributed by atoms with Crippen LogP contribution in [0.15, 0.2) is 91.4 Å². The number of anilines is 1. The molecule has 12 nitrogen and oxygen atoms in total. The molecule has 4 aromatic heterocycles. The SMILES string of the molecule is O=C(N(CCc1cn(CCNc2nc3cc(-c4nn[nH]n4)ccc3c3cnccc23)nn1)Cc1ccc(-c2ccccc2)c(Cl)c1)C(F)(F)F. The third kappa shape index (κ3) is 7.08. The monoisotopic (exact) mass is 697 g/mol. The lowest BCUT2D eigenvalue weighted by atomic mass is 10.0. The molecule has 0 saturated carbocycles. The Bertz CT molecular complexity index is 2280. The number of nitrogens with zero attached hydrogens (tertiary/aromatic N) is 9. The van der Waals surface area contributed by atoms with Crippen molar-refractivity contribution in [3.8, 4) is 22.5 Å². The molecule has 2 N–H and O–H groups in total. The molecule has 50 heavy (non-hydrogen) atoms. The summed E-state index contributed by atoms with van der Waals surface area (Å²) in [6, 6.07) is 22.0. The molecule has 0 bridgehead atoms. The van der Waals surface area contributed by atoms with E-state index in [2.05, 4.69) is 41.2 Å². The molecule has 0 radical (unpaired) electrons. The number of tetrazole rings is 1. The normalized spacial score (nSPS) is 11.7. The fourth-order valence-corrected chi connectivity index (χ4v) is 5.98. The number of benzene rings is 3. The van der Waals surface area contributed by atoms with Crippen LogP contribution in [0, 0.1) is 0 Å². The maximum atomic E-state index is 13.6. The largest absolute Gasteiger partial charge is 0.471 e. The molecule has 4 heterocycles. The van der Waals surface area contributed by atoms with Crippen LogP contribution in [-0.4, -0.2) is 75.7 Å². The summed E-state index contributed by atoms with van der Waals surface area (Å²) in [6.07, 6.45) is 0.153. The lowest BCUT2D eigenvalue weighted by Gasteiger charge is -2.24. The number of aromatic amines is 1. The van der Waals surface area contributed by atoms with Crippen molar-refractivity contribution in [1.29, 1.82) is 0 Å². The number of hydrogen-bond acceptors (Lipinski definition) is 9. The highest BCUT2D eigenvalue weighted by atomic mass is 35.5. The number of amides is 1. The fraction of sp³-hybridized carbons (Fsp3) is 0.176. The first kappa shape index (κ1) is 32.6. The molecule has 0 saturated heterocycles. The van der Waals surface area contributed by atoms with E-state index >= 15 is 0 Å². The van der Waals surface area contributed by atoms with Crippen LogP contribution in [0.2, 0.25) is 5.02 Å². The average molecular weight is 698 g/mol. The molecule has 0 spiro atoms. The van der Waals surface area contributed by atoms with Gasteiger partial charge in [0.25, 0.3) is 0 Å². The number of carbonyl (C=O) groups excluding carboxylic acids is 1.